The third-order valence-electron chi connectivity index (χ3n) is 6.98. The fourth-order valence-corrected chi connectivity index (χ4v) is 4.74. The molecule has 0 atom stereocenters. The summed E-state index contributed by atoms with van der Waals surface area (Å²) in [6.45, 7) is 0.0312. The van der Waals surface area contributed by atoms with E-state index in [0.29, 0.717) is 17.1 Å². The predicted molar refractivity (Wildman–Crippen MR) is 168 cm³/mol. The molecule has 0 saturated carbocycles. The van der Waals surface area contributed by atoms with Crippen molar-refractivity contribution in [2.45, 2.75) is 13.2 Å². The minimum absolute atomic E-state index is 0.0294. The zero-order valence-corrected chi connectivity index (χ0v) is 23.4. The summed E-state index contributed by atoms with van der Waals surface area (Å²) in [5.41, 5.74) is 11.6. The standard InChI is InChI=1S/C23H21N3O3.C10H12N2O/c1-26-19(15-27)14-16-13-18(9-12-22(16)26)25-23(28)24-17-7-10-21(11-8-17)29-20-5-3-2-4-6-20;1-12-9(6-13)5-7-4-8(11)2-3-10(7)12/h2-14,27H,15H2,1H3,(H2,24,25,28);2-5,13H,6,11H2,1H3. The highest BCUT2D eigenvalue weighted by atomic mass is 16.5. The Morgan fingerprint density at radius 1 is 0.690 bits per heavy atom. The largest absolute Gasteiger partial charge is 0.457 e. The van der Waals surface area contributed by atoms with Crippen molar-refractivity contribution in [3.05, 3.63) is 115 Å². The van der Waals surface area contributed by atoms with E-state index in [-0.39, 0.29) is 19.2 Å². The number of aliphatic hydroxyl groups excluding tert-OH is 2. The summed E-state index contributed by atoms with van der Waals surface area (Å²) in [7, 11) is 3.84. The highest BCUT2D eigenvalue weighted by Crippen LogP contribution is 2.25. The molecule has 2 heterocycles. The van der Waals surface area contributed by atoms with Gasteiger partial charge >= 0.3 is 6.03 Å². The molecule has 2 amide bonds. The van der Waals surface area contributed by atoms with Crippen molar-refractivity contribution in [2.75, 3.05) is 16.4 Å². The smallest absolute Gasteiger partial charge is 0.323 e. The highest BCUT2D eigenvalue weighted by molar-refractivity contribution is 6.01. The third-order valence-corrected chi connectivity index (χ3v) is 6.98. The van der Waals surface area contributed by atoms with Crippen molar-refractivity contribution >= 4 is 44.9 Å². The molecule has 6 rings (SSSR count). The van der Waals surface area contributed by atoms with Crippen molar-refractivity contribution in [3.8, 4) is 11.5 Å². The van der Waals surface area contributed by atoms with Crippen molar-refractivity contribution in [3.63, 3.8) is 0 Å². The van der Waals surface area contributed by atoms with Gasteiger partial charge in [-0.15, -0.1) is 0 Å². The van der Waals surface area contributed by atoms with Crippen molar-refractivity contribution in [2.24, 2.45) is 14.1 Å². The lowest BCUT2D eigenvalue weighted by Gasteiger charge is -2.09. The number of rotatable bonds is 6. The van der Waals surface area contributed by atoms with Gasteiger partial charge in [0.05, 0.1) is 13.2 Å². The van der Waals surface area contributed by atoms with Crippen LogP contribution in [0, 0.1) is 0 Å². The second-order valence-electron chi connectivity index (χ2n) is 9.82. The first-order valence-electron chi connectivity index (χ1n) is 13.4. The molecule has 0 spiro atoms. The van der Waals surface area contributed by atoms with Crippen molar-refractivity contribution in [1.29, 1.82) is 0 Å². The van der Waals surface area contributed by atoms with E-state index in [1.165, 1.54) is 0 Å². The van der Waals surface area contributed by atoms with Gasteiger partial charge in [0, 0.05) is 64.4 Å². The number of hydrogen-bond donors (Lipinski definition) is 5. The van der Waals surface area contributed by atoms with Gasteiger partial charge in [-0.1, -0.05) is 18.2 Å². The number of aryl methyl sites for hydroxylation is 2. The Labute approximate surface area is 243 Å². The van der Waals surface area contributed by atoms with E-state index in [0.717, 1.165) is 44.6 Å². The van der Waals surface area contributed by atoms with Gasteiger partial charge < -0.3 is 40.5 Å². The number of ether oxygens (including phenoxy) is 1. The van der Waals surface area contributed by atoms with Crippen LogP contribution in [0.25, 0.3) is 21.8 Å². The molecule has 0 aliphatic rings. The first-order valence-corrected chi connectivity index (χ1v) is 13.4. The van der Waals surface area contributed by atoms with Crippen LogP contribution in [0.1, 0.15) is 11.4 Å². The van der Waals surface area contributed by atoms with Crippen molar-refractivity contribution < 1.29 is 19.7 Å². The first kappa shape index (κ1) is 28.3. The fraction of sp³-hybridized carbons (Fsp3) is 0.121. The quantitative estimate of drug-likeness (QED) is 0.151. The number of aliphatic hydroxyl groups is 2. The Morgan fingerprint density at radius 2 is 1.21 bits per heavy atom. The average Bonchev–Trinajstić information content (AvgIpc) is 3.49. The molecule has 0 aliphatic carbocycles. The second-order valence-corrected chi connectivity index (χ2v) is 9.82. The number of carbonyl (C=O) groups excluding carboxylic acids is 1. The number of nitrogens with one attached hydrogen (secondary N) is 2. The van der Waals surface area contributed by atoms with Crippen LogP contribution in [0.3, 0.4) is 0 Å². The van der Waals surface area contributed by atoms with E-state index in [1.54, 1.807) is 24.3 Å². The van der Waals surface area contributed by atoms with Gasteiger partial charge in [0.15, 0.2) is 0 Å². The van der Waals surface area contributed by atoms with Crippen LogP contribution in [0.5, 0.6) is 11.5 Å². The predicted octanol–water partition coefficient (Wildman–Crippen LogP) is 6.36. The number of nitrogens with two attached hydrogens (primary N) is 1. The summed E-state index contributed by atoms with van der Waals surface area (Å²) in [5.74, 6) is 1.45. The molecule has 6 N–H and O–H groups in total. The first-order chi connectivity index (χ1) is 20.3. The Balaban J connectivity index is 0.000000226. The van der Waals surface area contributed by atoms with E-state index in [9.17, 15) is 9.90 Å². The normalized spacial score (nSPS) is 10.8. The number of nitrogen functional groups attached to an aromatic ring is 1. The van der Waals surface area contributed by atoms with E-state index in [1.807, 2.05) is 102 Å². The fourth-order valence-electron chi connectivity index (χ4n) is 4.74. The molecule has 0 fully saturated rings. The molecule has 9 nitrogen and oxygen atoms in total. The van der Waals surface area contributed by atoms with Crippen LogP contribution in [0.2, 0.25) is 0 Å². The van der Waals surface area contributed by atoms with Crippen molar-refractivity contribution in [1.82, 2.24) is 9.13 Å². The Hall–Kier alpha value is -5.25. The maximum Gasteiger partial charge on any atom is 0.323 e. The lowest BCUT2D eigenvalue weighted by atomic mass is 10.2. The average molecular weight is 564 g/mol. The number of urea groups is 1. The molecule has 42 heavy (non-hydrogen) atoms. The number of aromatic nitrogens is 2. The summed E-state index contributed by atoms with van der Waals surface area (Å²) < 4.78 is 9.64. The minimum Gasteiger partial charge on any atom is -0.457 e. The maximum atomic E-state index is 12.3. The topological polar surface area (TPSA) is 127 Å². The van der Waals surface area contributed by atoms with Crippen LogP contribution in [-0.2, 0) is 27.3 Å². The molecular weight excluding hydrogens is 530 g/mol. The summed E-state index contributed by atoms with van der Waals surface area (Å²) >= 11 is 0. The number of anilines is 3. The highest BCUT2D eigenvalue weighted by Gasteiger charge is 2.08. The van der Waals surface area contributed by atoms with Gasteiger partial charge in [-0.25, -0.2) is 4.79 Å². The molecule has 214 valence electrons. The third kappa shape index (κ3) is 6.38. The van der Waals surface area contributed by atoms with Crippen LogP contribution in [0.15, 0.2) is 103 Å². The molecule has 2 aromatic heterocycles. The number of para-hydroxylation sites is 1. The zero-order chi connectivity index (χ0) is 29.6. The van der Waals surface area contributed by atoms with Crippen LogP contribution >= 0.6 is 0 Å². The number of amides is 2. The zero-order valence-electron chi connectivity index (χ0n) is 23.4. The maximum absolute atomic E-state index is 12.3. The molecule has 0 radical (unpaired) electrons. The minimum atomic E-state index is -0.334. The van der Waals surface area contributed by atoms with Gasteiger partial charge in [-0.2, -0.15) is 0 Å². The Morgan fingerprint density at radius 3 is 1.83 bits per heavy atom. The van der Waals surface area contributed by atoms with Crippen LogP contribution in [-0.4, -0.2) is 25.4 Å². The summed E-state index contributed by atoms with van der Waals surface area (Å²) in [6.07, 6.45) is 0. The molecule has 9 heteroatoms. The number of hydrogen-bond acceptors (Lipinski definition) is 5. The monoisotopic (exact) mass is 563 g/mol. The number of fused-ring (bicyclic) bond motifs is 2. The van der Waals surface area contributed by atoms with Crippen LogP contribution in [0.4, 0.5) is 21.9 Å². The summed E-state index contributed by atoms with van der Waals surface area (Å²) in [5, 5.41) is 26.1. The molecule has 0 unspecified atom stereocenters. The SMILES string of the molecule is Cn1c(CO)cc2cc(N)ccc21.Cn1c(CO)cc2cc(NC(=O)Nc3ccc(Oc4ccccc4)cc3)ccc21. The van der Waals surface area contributed by atoms with E-state index in [4.69, 9.17) is 15.6 Å². The molecule has 6 aromatic rings. The molecule has 0 aliphatic heterocycles. The number of carbonyl (C=O) groups is 1. The van der Waals surface area contributed by atoms with Gasteiger partial charge in [0.2, 0.25) is 0 Å². The molecule has 0 bridgehead atoms. The van der Waals surface area contributed by atoms with E-state index < -0.39 is 0 Å². The lowest BCUT2D eigenvalue weighted by molar-refractivity contribution is 0.262. The molecular formula is C33H33N5O4. The van der Waals surface area contributed by atoms with E-state index in [2.05, 4.69) is 10.6 Å². The van der Waals surface area contributed by atoms with Crippen LogP contribution < -0.4 is 21.1 Å². The van der Waals surface area contributed by atoms with Gasteiger partial charge in [-0.3, -0.25) is 0 Å². The summed E-state index contributed by atoms with van der Waals surface area (Å²) in [4.78, 5) is 12.3. The Bertz CT molecular complexity index is 1830. The lowest BCUT2D eigenvalue weighted by Crippen LogP contribution is -2.19. The summed E-state index contributed by atoms with van der Waals surface area (Å²) in [6, 6.07) is 31.6. The van der Waals surface area contributed by atoms with Gasteiger partial charge in [0.25, 0.3) is 0 Å². The molecule has 4 aromatic carbocycles. The van der Waals surface area contributed by atoms with Gasteiger partial charge in [-0.05, 0) is 84.9 Å². The van der Waals surface area contributed by atoms with Gasteiger partial charge in [0.1, 0.15) is 11.5 Å². The number of benzene rings is 4. The Kier molecular flexibility index (Phi) is 8.42. The number of nitrogens with zero attached hydrogens (tertiary/aromatic N) is 2. The second kappa shape index (κ2) is 12.5. The molecule has 0 saturated heterocycles. The van der Waals surface area contributed by atoms with E-state index >= 15 is 0 Å².